The van der Waals surface area contributed by atoms with E-state index < -0.39 is 0 Å². The highest BCUT2D eigenvalue weighted by molar-refractivity contribution is 6.30. The monoisotopic (exact) mass is 224 g/mol. The molecule has 0 bridgehead atoms. The van der Waals surface area contributed by atoms with Crippen molar-refractivity contribution in [2.45, 2.75) is 31.6 Å². The zero-order valence-corrected chi connectivity index (χ0v) is 9.58. The van der Waals surface area contributed by atoms with Gasteiger partial charge in [-0.05, 0) is 36.5 Å². The maximum Gasteiger partial charge on any atom is 0.0502 e. The summed E-state index contributed by atoms with van der Waals surface area (Å²) in [5, 5.41) is 10.2. The molecule has 1 atom stereocenters. The number of hydrogen-bond donors (Lipinski definition) is 1. The van der Waals surface area contributed by atoms with E-state index in [4.69, 9.17) is 11.6 Å². The Labute approximate surface area is 96.1 Å². The molecule has 1 aromatic carbocycles. The fourth-order valence-corrected chi connectivity index (χ4v) is 2.72. The largest absolute Gasteiger partial charge is 0.396 e. The predicted molar refractivity (Wildman–Crippen MR) is 63.2 cm³/mol. The molecule has 0 amide bonds. The van der Waals surface area contributed by atoms with Crippen molar-refractivity contribution in [1.29, 1.82) is 0 Å². The van der Waals surface area contributed by atoms with Crippen molar-refractivity contribution in [3.63, 3.8) is 0 Å². The summed E-state index contributed by atoms with van der Waals surface area (Å²) in [6.45, 7) is 0.256. The predicted octanol–water partition coefficient (Wildman–Crippen LogP) is 3.61. The molecule has 0 saturated heterocycles. The van der Waals surface area contributed by atoms with Gasteiger partial charge >= 0.3 is 0 Å². The van der Waals surface area contributed by atoms with Gasteiger partial charge in [-0.3, -0.25) is 0 Å². The Hall–Kier alpha value is -0.530. The lowest BCUT2D eigenvalue weighted by atomic mass is 9.85. The van der Waals surface area contributed by atoms with Gasteiger partial charge in [-0.2, -0.15) is 0 Å². The fourth-order valence-electron chi connectivity index (χ4n) is 2.60. The van der Waals surface area contributed by atoms with Crippen LogP contribution < -0.4 is 0 Å². The molecule has 0 heterocycles. The molecule has 82 valence electrons. The molecule has 1 aliphatic rings. The van der Waals surface area contributed by atoms with Crippen molar-refractivity contribution < 1.29 is 5.11 Å². The van der Waals surface area contributed by atoms with Crippen LogP contribution in [0.1, 0.15) is 37.2 Å². The summed E-state index contributed by atoms with van der Waals surface area (Å²) < 4.78 is 0. The molecule has 1 aromatic rings. The molecule has 2 heteroatoms. The summed E-state index contributed by atoms with van der Waals surface area (Å²) in [5.74, 6) is 0.973. The van der Waals surface area contributed by atoms with E-state index >= 15 is 0 Å². The smallest absolute Gasteiger partial charge is 0.0502 e. The molecule has 0 radical (unpaired) electrons. The van der Waals surface area contributed by atoms with Crippen LogP contribution >= 0.6 is 11.6 Å². The first-order valence-corrected chi connectivity index (χ1v) is 6.05. The zero-order valence-electron chi connectivity index (χ0n) is 8.82. The third-order valence-electron chi connectivity index (χ3n) is 3.46. The van der Waals surface area contributed by atoms with Crippen LogP contribution in [0.25, 0.3) is 0 Å². The maximum absolute atomic E-state index is 9.48. The Morgan fingerprint density at radius 3 is 2.33 bits per heavy atom. The minimum Gasteiger partial charge on any atom is -0.396 e. The summed E-state index contributed by atoms with van der Waals surface area (Å²) in [6.07, 6.45) is 5.14. The average Bonchev–Trinajstić information content (AvgIpc) is 2.75. The van der Waals surface area contributed by atoms with Gasteiger partial charge in [0.1, 0.15) is 0 Å². The van der Waals surface area contributed by atoms with Gasteiger partial charge in [-0.1, -0.05) is 36.6 Å². The van der Waals surface area contributed by atoms with E-state index in [1.54, 1.807) is 0 Å². The molecule has 1 unspecified atom stereocenters. The molecule has 15 heavy (non-hydrogen) atoms. The average molecular weight is 225 g/mol. The lowest BCUT2D eigenvalue weighted by Gasteiger charge is -2.21. The number of rotatable bonds is 3. The van der Waals surface area contributed by atoms with Crippen molar-refractivity contribution in [3.05, 3.63) is 34.9 Å². The SMILES string of the molecule is OCC(c1ccc(Cl)cc1)C1CCCC1. The molecule has 0 spiro atoms. The third-order valence-corrected chi connectivity index (χ3v) is 3.72. The van der Waals surface area contributed by atoms with E-state index in [1.165, 1.54) is 31.2 Å². The third kappa shape index (κ3) is 2.53. The Bertz CT molecular complexity index is 301. The van der Waals surface area contributed by atoms with E-state index in [1.807, 2.05) is 24.3 Å². The van der Waals surface area contributed by atoms with Crippen molar-refractivity contribution in [2.24, 2.45) is 5.92 Å². The van der Waals surface area contributed by atoms with Gasteiger partial charge in [-0.15, -0.1) is 0 Å². The second kappa shape index (κ2) is 5.00. The van der Waals surface area contributed by atoms with Crippen LogP contribution in [-0.4, -0.2) is 11.7 Å². The van der Waals surface area contributed by atoms with Gasteiger partial charge in [0.2, 0.25) is 0 Å². The molecule has 1 N–H and O–H groups in total. The Balaban J connectivity index is 2.14. The van der Waals surface area contributed by atoms with E-state index in [9.17, 15) is 5.11 Å². The van der Waals surface area contributed by atoms with Crippen LogP contribution in [-0.2, 0) is 0 Å². The van der Waals surface area contributed by atoms with E-state index in [0.29, 0.717) is 11.8 Å². The fraction of sp³-hybridized carbons (Fsp3) is 0.538. The standard InChI is InChI=1S/C13H17ClO/c14-12-7-5-11(6-8-12)13(9-15)10-3-1-2-4-10/h5-8,10,13,15H,1-4,9H2. The lowest BCUT2D eigenvalue weighted by Crippen LogP contribution is -2.13. The van der Waals surface area contributed by atoms with E-state index in [-0.39, 0.29) is 6.61 Å². The van der Waals surface area contributed by atoms with Gasteiger partial charge < -0.3 is 5.11 Å². The number of aliphatic hydroxyl groups excluding tert-OH is 1. The summed E-state index contributed by atoms with van der Waals surface area (Å²) in [7, 11) is 0. The van der Waals surface area contributed by atoms with Crippen molar-refractivity contribution in [3.8, 4) is 0 Å². The second-order valence-electron chi connectivity index (χ2n) is 4.39. The van der Waals surface area contributed by atoms with Crippen molar-refractivity contribution in [1.82, 2.24) is 0 Å². The van der Waals surface area contributed by atoms with E-state index in [0.717, 1.165) is 5.02 Å². The molecule has 0 aliphatic heterocycles. The highest BCUT2D eigenvalue weighted by Gasteiger charge is 2.25. The second-order valence-corrected chi connectivity index (χ2v) is 4.82. The topological polar surface area (TPSA) is 20.2 Å². The number of benzene rings is 1. The Kier molecular flexibility index (Phi) is 3.66. The quantitative estimate of drug-likeness (QED) is 0.832. The molecule has 2 rings (SSSR count). The highest BCUT2D eigenvalue weighted by atomic mass is 35.5. The van der Waals surface area contributed by atoms with Crippen LogP contribution in [0.2, 0.25) is 5.02 Å². The normalized spacial score (nSPS) is 19.3. The summed E-state index contributed by atoms with van der Waals surface area (Å²) in [4.78, 5) is 0. The maximum atomic E-state index is 9.48. The van der Waals surface area contributed by atoms with Crippen LogP contribution in [0, 0.1) is 5.92 Å². The molecule has 1 nitrogen and oxygen atoms in total. The van der Waals surface area contributed by atoms with Gasteiger partial charge in [0.15, 0.2) is 0 Å². The first-order valence-electron chi connectivity index (χ1n) is 5.67. The summed E-state index contributed by atoms with van der Waals surface area (Å²) in [5.41, 5.74) is 1.23. The molecular formula is C13H17ClO. The van der Waals surface area contributed by atoms with Crippen molar-refractivity contribution >= 4 is 11.6 Å². The number of hydrogen-bond acceptors (Lipinski definition) is 1. The first kappa shape index (κ1) is 11.0. The summed E-state index contributed by atoms with van der Waals surface area (Å²) in [6, 6.07) is 7.91. The highest BCUT2D eigenvalue weighted by Crippen LogP contribution is 2.37. The van der Waals surface area contributed by atoms with Gasteiger partial charge in [0.25, 0.3) is 0 Å². The summed E-state index contributed by atoms with van der Waals surface area (Å²) >= 11 is 5.86. The Morgan fingerprint density at radius 1 is 1.20 bits per heavy atom. The molecule has 0 aromatic heterocycles. The van der Waals surface area contributed by atoms with Crippen LogP contribution in [0.15, 0.2) is 24.3 Å². The minimum absolute atomic E-state index is 0.256. The number of halogens is 1. The first-order chi connectivity index (χ1) is 7.31. The van der Waals surface area contributed by atoms with Gasteiger partial charge in [0, 0.05) is 10.9 Å². The van der Waals surface area contributed by atoms with E-state index in [2.05, 4.69) is 0 Å². The minimum atomic E-state index is 0.256. The molecule has 1 fully saturated rings. The number of aliphatic hydroxyl groups is 1. The molecule has 1 aliphatic carbocycles. The zero-order chi connectivity index (χ0) is 10.7. The lowest BCUT2D eigenvalue weighted by molar-refractivity contribution is 0.226. The van der Waals surface area contributed by atoms with Crippen LogP contribution in [0.5, 0.6) is 0 Å². The molecule has 1 saturated carbocycles. The van der Waals surface area contributed by atoms with Crippen LogP contribution in [0.3, 0.4) is 0 Å². The van der Waals surface area contributed by atoms with Gasteiger partial charge in [-0.25, -0.2) is 0 Å². The van der Waals surface area contributed by atoms with Crippen LogP contribution in [0.4, 0.5) is 0 Å². The molecular weight excluding hydrogens is 208 g/mol. The van der Waals surface area contributed by atoms with Crippen molar-refractivity contribution in [2.75, 3.05) is 6.61 Å². The Morgan fingerprint density at radius 2 is 1.80 bits per heavy atom. The van der Waals surface area contributed by atoms with Gasteiger partial charge in [0.05, 0.1) is 6.61 Å².